The summed E-state index contributed by atoms with van der Waals surface area (Å²) in [4.78, 5) is 11.3. The summed E-state index contributed by atoms with van der Waals surface area (Å²) in [5.41, 5.74) is 6.25. The van der Waals surface area contributed by atoms with Gasteiger partial charge in [-0.3, -0.25) is 4.79 Å². The number of carbonyl (C=O) groups excluding carboxylic acids is 1. The number of hydrogen-bond donors (Lipinski definition) is 2. The minimum absolute atomic E-state index is 0.0704. The lowest BCUT2D eigenvalue weighted by atomic mass is 10.2. The monoisotopic (exact) mass is 316 g/mol. The molecule has 0 aliphatic heterocycles. The summed E-state index contributed by atoms with van der Waals surface area (Å²) in [6.45, 7) is 0.289. The highest BCUT2D eigenvalue weighted by atomic mass is 79.9. The zero-order valence-corrected chi connectivity index (χ0v) is 11.7. The highest BCUT2D eigenvalue weighted by Crippen LogP contribution is 2.23. The van der Waals surface area contributed by atoms with E-state index in [2.05, 4.69) is 21.2 Å². The Hall–Kier alpha value is -1.14. The second-order valence-electron chi connectivity index (χ2n) is 3.28. The Kier molecular flexibility index (Phi) is 5.37. The van der Waals surface area contributed by atoms with Crippen molar-refractivity contribution in [3.05, 3.63) is 28.2 Å². The number of rotatable bonds is 5. The van der Waals surface area contributed by atoms with E-state index in [-0.39, 0.29) is 17.5 Å². The number of halogens is 1. The quantitative estimate of drug-likeness (QED) is 0.810. The number of nitrogens with two attached hydrogens (primary N) is 1. The van der Waals surface area contributed by atoms with Gasteiger partial charge in [-0.25, -0.2) is 0 Å². The molecular formula is C11H13BrN2O2S. The smallest absolute Gasteiger partial charge is 0.223 e. The molecule has 0 aliphatic carbocycles. The summed E-state index contributed by atoms with van der Waals surface area (Å²) in [6.07, 6.45) is 0.295. The Morgan fingerprint density at radius 1 is 1.59 bits per heavy atom. The molecule has 0 fully saturated rings. The van der Waals surface area contributed by atoms with E-state index in [4.69, 9.17) is 22.7 Å². The van der Waals surface area contributed by atoms with Crippen LogP contribution in [0.1, 0.15) is 12.0 Å². The van der Waals surface area contributed by atoms with Crippen molar-refractivity contribution in [1.29, 1.82) is 0 Å². The van der Waals surface area contributed by atoms with Gasteiger partial charge >= 0.3 is 0 Å². The molecule has 0 spiro atoms. The van der Waals surface area contributed by atoms with E-state index < -0.39 is 0 Å². The van der Waals surface area contributed by atoms with Gasteiger partial charge in [0.1, 0.15) is 10.7 Å². The summed E-state index contributed by atoms with van der Waals surface area (Å²) in [6, 6.07) is 5.39. The molecule has 92 valence electrons. The predicted octanol–water partition coefficient (Wildman–Crippen LogP) is 1.60. The van der Waals surface area contributed by atoms with Crippen molar-refractivity contribution in [1.82, 2.24) is 5.32 Å². The SMILES string of the molecule is CNC(=O)CCOc1ccc(Br)cc1C(N)=S. The van der Waals surface area contributed by atoms with Crippen molar-refractivity contribution in [3.63, 3.8) is 0 Å². The number of carbonyl (C=O) groups is 1. The van der Waals surface area contributed by atoms with Crippen molar-refractivity contribution in [2.45, 2.75) is 6.42 Å². The standard InChI is InChI=1S/C11H13BrN2O2S/c1-14-10(15)4-5-16-9-3-2-7(12)6-8(9)11(13)17/h2-3,6H,4-5H2,1H3,(H2,13,17)(H,14,15). The lowest BCUT2D eigenvalue weighted by molar-refractivity contribution is -0.121. The molecule has 1 aromatic rings. The Bertz CT molecular complexity index is 437. The van der Waals surface area contributed by atoms with Crippen LogP contribution in [0, 0.1) is 0 Å². The molecule has 0 saturated carbocycles. The van der Waals surface area contributed by atoms with Crippen LogP contribution in [0.5, 0.6) is 5.75 Å². The van der Waals surface area contributed by atoms with Crippen molar-refractivity contribution in [2.75, 3.05) is 13.7 Å². The largest absolute Gasteiger partial charge is 0.492 e. The third-order valence-corrected chi connectivity index (χ3v) is 2.79. The fraction of sp³-hybridized carbons (Fsp3) is 0.273. The maximum atomic E-state index is 11.0. The van der Waals surface area contributed by atoms with Gasteiger partial charge in [0, 0.05) is 11.5 Å². The second-order valence-corrected chi connectivity index (χ2v) is 4.63. The molecule has 0 saturated heterocycles. The first-order chi connectivity index (χ1) is 8.04. The van der Waals surface area contributed by atoms with Gasteiger partial charge in [-0.15, -0.1) is 0 Å². The van der Waals surface area contributed by atoms with E-state index in [1.807, 2.05) is 6.07 Å². The molecule has 0 aliphatic rings. The van der Waals surface area contributed by atoms with E-state index >= 15 is 0 Å². The van der Waals surface area contributed by atoms with Crippen LogP contribution < -0.4 is 15.8 Å². The van der Waals surface area contributed by atoms with Crippen LogP contribution >= 0.6 is 28.1 Å². The van der Waals surface area contributed by atoms with Gasteiger partial charge in [0.25, 0.3) is 0 Å². The molecule has 6 heteroatoms. The topological polar surface area (TPSA) is 64.3 Å². The average Bonchev–Trinajstić information content (AvgIpc) is 2.30. The Morgan fingerprint density at radius 3 is 2.88 bits per heavy atom. The fourth-order valence-corrected chi connectivity index (χ4v) is 1.72. The van der Waals surface area contributed by atoms with Crippen molar-refractivity contribution < 1.29 is 9.53 Å². The van der Waals surface area contributed by atoms with E-state index in [0.29, 0.717) is 17.7 Å². The molecule has 17 heavy (non-hydrogen) atoms. The second kappa shape index (κ2) is 6.56. The average molecular weight is 317 g/mol. The number of thiocarbonyl (C=S) groups is 1. The van der Waals surface area contributed by atoms with Crippen LogP contribution in [0.4, 0.5) is 0 Å². The fourth-order valence-electron chi connectivity index (χ4n) is 1.20. The van der Waals surface area contributed by atoms with Gasteiger partial charge in [-0.05, 0) is 18.2 Å². The van der Waals surface area contributed by atoms with Crippen LogP contribution in [-0.4, -0.2) is 24.6 Å². The van der Waals surface area contributed by atoms with Crippen LogP contribution in [0.3, 0.4) is 0 Å². The Morgan fingerprint density at radius 2 is 2.29 bits per heavy atom. The lowest BCUT2D eigenvalue weighted by Crippen LogP contribution is -2.20. The van der Waals surface area contributed by atoms with Gasteiger partial charge in [0.05, 0.1) is 18.6 Å². The molecule has 0 bridgehead atoms. The molecule has 0 unspecified atom stereocenters. The molecule has 1 aromatic carbocycles. The number of amides is 1. The number of ether oxygens (including phenoxy) is 1. The zero-order chi connectivity index (χ0) is 12.8. The zero-order valence-electron chi connectivity index (χ0n) is 9.33. The summed E-state index contributed by atoms with van der Waals surface area (Å²) >= 11 is 8.26. The number of hydrogen-bond acceptors (Lipinski definition) is 3. The van der Waals surface area contributed by atoms with E-state index in [1.165, 1.54) is 0 Å². The minimum Gasteiger partial charge on any atom is -0.492 e. The molecule has 0 aromatic heterocycles. The van der Waals surface area contributed by atoms with Gasteiger partial charge in [-0.2, -0.15) is 0 Å². The third-order valence-electron chi connectivity index (χ3n) is 2.07. The van der Waals surface area contributed by atoms with Crippen molar-refractivity contribution in [2.24, 2.45) is 5.73 Å². The first-order valence-corrected chi connectivity index (χ1v) is 6.17. The Balaban J connectivity index is 2.70. The van der Waals surface area contributed by atoms with Crippen LogP contribution in [-0.2, 0) is 4.79 Å². The highest BCUT2D eigenvalue weighted by molar-refractivity contribution is 9.10. The van der Waals surface area contributed by atoms with Crippen LogP contribution in [0.2, 0.25) is 0 Å². The Labute approximate surface area is 114 Å². The molecule has 0 atom stereocenters. The summed E-state index contributed by atoms with van der Waals surface area (Å²) in [5, 5.41) is 2.52. The van der Waals surface area contributed by atoms with E-state index in [9.17, 15) is 4.79 Å². The van der Waals surface area contributed by atoms with Gasteiger partial charge in [0.2, 0.25) is 5.91 Å². The molecule has 0 radical (unpaired) electrons. The van der Waals surface area contributed by atoms with E-state index in [0.717, 1.165) is 4.47 Å². The molecule has 3 N–H and O–H groups in total. The lowest BCUT2D eigenvalue weighted by Gasteiger charge is -2.10. The molecule has 0 heterocycles. The number of benzene rings is 1. The number of nitrogens with one attached hydrogen (secondary N) is 1. The van der Waals surface area contributed by atoms with Crippen molar-refractivity contribution >= 4 is 39.0 Å². The maximum absolute atomic E-state index is 11.0. The predicted molar refractivity (Wildman–Crippen MR) is 74.2 cm³/mol. The maximum Gasteiger partial charge on any atom is 0.223 e. The van der Waals surface area contributed by atoms with Crippen molar-refractivity contribution in [3.8, 4) is 5.75 Å². The minimum atomic E-state index is -0.0704. The van der Waals surface area contributed by atoms with Gasteiger partial charge in [-0.1, -0.05) is 28.1 Å². The summed E-state index contributed by atoms with van der Waals surface area (Å²) in [7, 11) is 1.59. The first-order valence-electron chi connectivity index (χ1n) is 4.97. The molecule has 1 amide bonds. The van der Waals surface area contributed by atoms with E-state index in [1.54, 1.807) is 19.2 Å². The summed E-state index contributed by atoms with van der Waals surface area (Å²) < 4.78 is 6.35. The molecule has 4 nitrogen and oxygen atoms in total. The van der Waals surface area contributed by atoms with Crippen LogP contribution in [0.25, 0.3) is 0 Å². The normalized spacial score (nSPS) is 9.76. The summed E-state index contributed by atoms with van der Waals surface area (Å²) in [5.74, 6) is 0.517. The third kappa shape index (κ3) is 4.32. The molecular weight excluding hydrogens is 304 g/mol. The molecule has 1 rings (SSSR count). The van der Waals surface area contributed by atoms with Crippen LogP contribution in [0.15, 0.2) is 22.7 Å². The highest BCUT2D eigenvalue weighted by Gasteiger charge is 2.08. The van der Waals surface area contributed by atoms with Gasteiger partial charge in [0.15, 0.2) is 0 Å². The first kappa shape index (κ1) is 13.9. The van der Waals surface area contributed by atoms with Gasteiger partial charge < -0.3 is 15.8 Å².